The van der Waals surface area contributed by atoms with Crippen molar-refractivity contribution in [3.05, 3.63) is 53.2 Å². The molecule has 10 heteroatoms. The van der Waals surface area contributed by atoms with Crippen LogP contribution < -0.4 is 10.6 Å². The number of rotatable bonds is 7. The summed E-state index contributed by atoms with van der Waals surface area (Å²) in [6.45, 7) is 1.90. The number of urea groups is 1. The first-order valence-electron chi connectivity index (χ1n) is 8.06. The SMILES string of the molecule is Cc1nc(Cc2ccc(NC(=O)NCCc3noc(CO)n3)cc2)n[nH]1. The van der Waals surface area contributed by atoms with Crippen LogP contribution in [-0.2, 0) is 19.4 Å². The molecular formula is C16H19N7O3. The van der Waals surface area contributed by atoms with Gasteiger partial charge in [0.15, 0.2) is 11.6 Å². The van der Waals surface area contributed by atoms with Gasteiger partial charge in [-0.05, 0) is 24.6 Å². The van der Waals surface area contributed by atoms with Crippen molar-refractivity contribution in [1.29, 1.82) is 0 Å². The van der Waals surface area contributed by atoms with Crippen LogP contribution in [0.25, 0.3) is 0 Å². The molecule has 0 fully saturated rings. The Hall–Kier alpha value is -3.27. The first kappa shape index (κ1) is 17.5. The van der Waals surface area contributed by atoms with Crippen LogP contribution in [0.5, 0.6) is 0 Å². The maximum absolute atomic E-state index is 11.9. The van der Waals surface area contributed by atoms with E-state index in [4.69, 9.17) is 9.63 Å². The van der Waals surface area contributed by atoms with Crippen LogP contribution >= 0.6 is 0 Å². The quantitative estimate of drug-likeness (QED) is 0.493. The van der Waals surface area contributed by atoms with E-state index < -0.39 is 0 Å². The van der Waals surface area contributed by atoms with Crippen molar-refractivity contribution < 1.29 is 14.4 Å². The predicted octanol–water partition coefficient (Wildman–Crippen LogP) is 0.943. The molecular weight excluding hydrogens is 338 g/mol. The second kappa shape index (κ2) is 8.21. The van der Waals surface area contributed by atoms with Gasteiger partial charge in [0, 0.05) is 25.1 Å². The van der Waals surface area contributed by atoms with E-state index in [0.29, 0.717) is 30.9 Å². The lowest BCUT2D eigenvalue weighted by molar-refractivity contribution is 0.222. The summed E-state index contributed by atoms with van der Waals surface area (Å²) in [6.07, 6.45) is 1.03. The number of H-pyrrole nitrogens is 1. The standard InChI is InChI=1S/C16H19N7O3/c1-10-18-14(22-21-10)8-11-2-4-12(5-3-11)19-16(25)17-7-6-13-20-15(9-24)26-23-13/h2-5,24H,6-9H2,1H3,(H2,17,19,25)(H,18,21,22). The molecule has 3 aromatic rings. The van der Waals surface area contributed by atoms with Crippen LogP contribution in [0.4, 0.5) is 10.5 Å². The molecule has 0 unspecified atom stereocenters. The molecule has 0 radical (unpaired) electrons. The highest BCUT2D eigenvalue weighted by molar-refractivity contribution is 5.89. The van der Waals surface area contributed by atoms with Crippen molar-refractivity contribution in [2.45, 2.75) is 26.4 Å². The molecule has 10 nitrogen and oxygen atoms in total. The van der Waals surface area contributed by atoms with Gasteiger partial charge in [-0.25, -0.2) is 9.78 Å². The normalized spacial score (nSPS) is 10.7. The van der Waals surface area contributed by atoms with E-state index in [2.05, 4.69) is 36.0 Å². The Kier molecular flexibility index (Phi) is 5.54. The van der Waals surface area contributed by atoms with Gasteiger partial charge in [0.2, 0.25) is 0 Å². The third kappa shape index (κ3) is 4.86. The lowest BCUT2D eigenvalue weighted by atomic mass is 10.1. The Morgan fingerprint density at radius 2 is 2.04 bits per heavy atom. The minimum atomic E-state index is -0.326. The fraction of sp³-hybridized carbons (Fsp3) is 0.312. The van der Waals surface area contributed by atoms with Gasteiger partial charge in [0.05, 0.1) is 0 Å². The summed E-state index contributed by atoms with van der Waals surface area (Å²) in [4.78, 5) is 20.1. The van der Waals surface area contributed by atoms with Crippen LogP contribution in [-0.4, -0.2) is 43.0 Å². The van der Waals surface area contributed by atoms with Crippen LogP contribution in [0.15, 0.2) is 28.8 Å². The summed E-state index contributed by atoms with van der Waals surface area (Å²) < 4.78 is 4.77. The molecule has 0 aliphatic rings. The molecule has 2 amide bonds. The van der Waals surface area contributed by atoms with Gasteiger partial charge in [0.1, 0.15) is 12.4 Å². The number of aliphatic hydroxyl groups excluding tert-OH is 1. The number of nitrogens with zero attached hydrogens (tertiary/aromatic N) is 4. The smallest absolute Gasteiger partial charge is 0.319 e. The van der Waals surface area contributed by atoms with Gasteiger partial charge < -0.3 is 20.3 Å². The summed E-state index contributed by atoms with van der Waals surface area (Å²) in [7, 11) is 0. The predicted molar refractivity (Wildman–Crippen MR) is 91.3 cm³/mol. The summed E-state index contributed by atoms with van der Waals surface area (Å²) in [5.74, 6) is 2.10. The van der Waals surface area contributed by atoms with Crippen LogP contribution in [0.1, 0.15) is 28.9 Å². The minimum Gasteiger partial charge on any atom is -0.387 e. The van der Waals surface area contributed by atoms with Crippen LogP contribution in [0, 0.1) is 6.92 Å². The first-order chi connectivity index (χ1) is 12.6. The summed E-state index contributed by atoms with van der Waals surface area (Å²) in [5.41, 5.74) is 1.73. The lowest BCUT2D eigenvalue weighted by Gasteiger charge is -2.07. The van der Waals surface area contributed by atoms with Gasteiger partial charge in [-0.3, -0.25) is 5.10 Å². The monoisotopic (exact) mass is 357 g/mol. The van der Waals surface area contributed by atoms with Crippen molar-refractivity contribution in [1.82, 2.24) is 30.6 Å². The lowest BCUT2D eigenvalue weighted by Crippen LogP contribution is -2.30. The number of carbonyl (C=O) groups is 1. The zero-order chi connectivity index (χ0) is 18.4. The van der Waals surface area contributed by atoms with E-state index in [0.717, 1.165) is 17.2 Å². The molecule has 1 aromatic carbocycles. The molecule has 3 rings (SSSR count). The molecule has 136 valence electrons. The Morgan fingerprint density at radius 3 is 2.69 bits per heavy atom. The molecule has 4 N–H and O–H groups in total. The second-order valence-corrected chi connectivity index (χ2v) is 5.60. The van der Waals surface area contributed by atoms with Gasteiger partial charge in [-0.15, -0.1) is 0 Å². The molecule has 0 spiro atoms. The highest BCUT2D eigenvalue weighted by Gasteiger charge is 2.07. The fourth-order valence-corrected chi connectivity index (χ4v) is 2.28. The number of carbonyl (C=O) groups excluding carboxylic acids is 1. The third-order valence-corrected chi connectivity index (χ3v) is 3.50. The molecule has 0 aliphatic carbocycles. The number of nitrogens with one attached hydrogen (secondary N) is 3. The van der Waals surface area contributed by atoms with Crippen molar-refractivity contribution in [3.8, 4) is 0 Å². The second-order valence-electron chi connectivity index (χ2n) is 5.60. The Morgan fingerprint density at radius 1 is 1.23 bits per heavy atom. The number of benzene rings is 1. The van der Waals surface area contributed by atoms with E-state index in [9.17, 15) is 4.79 Å². The molecule has 26 heavy (non-hydrogen) atoms. The number of aryl methyl sites for hydroxylation is 1. The van der Waals surface area contributed by atoms with Crippen molar-refractivity contribution >= 4 is 11.7 Å². The zero-order valence-electron chi connectivity index (χ0n) is 14.2. The number of amides is 2. The zero-order valence-corrected chi connectivity index (χ0v) is 14.2. The van der Waals surface area contributed by atoms with Crippen LogP contribution in [0.2, 0.25) is 0 Å². The number of aromatic amines is 1. The highest BCUT2D eigenvalue weighted by atomic mass is 16.5. The summed E-state index contributed by atoms with van der Waals surface area (Å²) >= 11 is 0. The van der Waals surface area contributed by atoms with E-state index in [1.54, 1.807) is 0 Å². The van der Waals surface area contributed by atoms with Crippen LogP contribution in [0.3, 0.4) is 0 Å². The number of aromatic nitrogens is 5. The van der Waals surface area contributed by atoms with Crippen molar-refractivity contribution in [2.24, 2.45) is 0 Å². The summed E-state index contributed by atoms with van der Waals surface area (Å²) in [5, 5.41) is 24.9. The van der Waals surface area contributed by atoms with Crippen molar-refractivity contribution in [2.75, 3.05) is 11.9 Å². The van der Waals surface area contributed by atoms with Gasteiger partial charge >= 0.3 is 6.03 Å². The Bertz CT molecular complexity index is 857. The number of hydrogen-bond acceptors (Lipinski definition) is 7. The molecule has 0 aliphatic heterocycles. The fourth-order valence-electron chi connectivity index (χ4n) is 2.28. The molecule has 0 atom stereocenters. The molecule has 2 heterocycles. The number of aliphatic hydroxyl groups is 1. The Balaban J connectivity index is 1.43. The average Bonchev–Trinajstić information content (AvgIpc) is 3.25. The summed E-state index contributed by atoms with van der Waals surface area (Å²) in [6, 6.07) is 7.14. The third-order valence-electron chi connectivity index (χ3n) is 3.50. The van der Waals surface area contributed by atoms with E-state index in [1.807, 2.05) is 31.2 Å². The topological polar surface area (TPSA) is 142 Å². The van der Waals surface area contributed by atoms with E-state index >= 15 is 0 Å². The molecule has 0 saturated heterocycles. The molecule has 2 aromatic heterocycles. The maximum atomic E-state index is 11.9. The van der Waals surface area contributed by atoms with Gasteiger partial charge in [0.25, 0.3) is 5.89 Å². The van der Waals surface area contributed by atoms with Gasteiger partial charge in [-0.1, -0.05) is 17.3 Å². The molecule has 0 bridgehead atoms. The largest absolute Gasteiger partial charge is 0.387 e. The van der Waals surface area contributed by atoms with Crippen molar-refractivity contribution in [3.63, 3.8) is 0 Å². The first-order valence-corrected chi connectivity index (χ1v) is 8.06. The van der Waals surface area contributed by atoms with Gasteiger partial charge in [-0.2, -0.15) is 10.1 Å². The Labute approximate surface area is 149 Å². The number of hydrogen-bond donors (Lipinski definition) is 4. The highest BCUT2D eigenvalue weighted by Crippen LogP contribution is 2.12. The molecule has 0 saturated carbocycles. The minimum absolute atomic E-state index is 0.157. The van der Waals surface area contributed by atoms with E-state index in [1.165, 1.54) is 0 Å². The maximum Gasteiger partial charge on any atom is 0.319 e. The average molecular weight is 357 g/mol. The number of anilines is 1. The van der Waals surface area contributed by atoms with E-state index in [-0.39, 0.29) is 18.5 Å².